The van der Waals surface area contributed by atoms with Gasteiger partial charge >= 0.3 is 18.1 Å². The Morgan fingerprint density at radius 1 is 1.25 bits per heavy atom. The molecule has 0 aliphatic heterocycles. The number of esters is 1. The summed E-state index contributed by atoms with van der Waals surface area (Å²) in [5, 5.41) is 17.0. The van der Waals surface area contributed by atoms with Gasteiger partial charge in [0.15, 0.2) is 0 Å². The molecule has 0 fully saturated rings. The number of nitrogens with two attached hydrogens (primary N) is 1. The van der Waals surface area contributed by atoms with E-state index in [1.807, 2.05) is 6.92 Å². The van der Waals surface area contributed by atoms with Crippen LogP contribution in [0.2, 0.25) is 0 Å². The van der Waals surface area contributed by atoms with Gasteiger partial charge in [-0.25, -0.2) is 0 Å². The average molecular weight is 496 g/mol. The number of ether oxygens (including phenoxy) is 1. The topological polar surface area (TPSA) is 115 Å². The first-order valence-electron chi connectivity index (χ1n) is 9.26. The van der Waals surface area contributed by atoms with Crippen molar-refractivity contribution in [3.8, 4) is 11.3 Å². The zero-order chi connectivity index (χ0) is 22.1. The Balaban J connectivity index is 0.00000256. The van der Waals surface area contributed by atoms with Gasteiger partial charge in [-0.1, -0.05) is 19.1 Å². The third kappa shape index (κ3) is 6.54. The van der Waals surface area contributed by atoms with Crippen LogP contribution < -0.4 is 5.73 Å². The largest absolute Gasteiger partial charge is 0.481 e. The van der Waals surface area contributed by atoms with Crippen LogP contribution in [0, 0.1) is 5.92 Å². The Morgan fingerprint density at radius 2 is 1.94 bits per heavy atom. The molecule has 1 aromatic carbocycles. The van der Waals surface area contributed by atoms with E-state index < -0.39 is 42.2 Å². The van der Waals surface area contributed by atoms with Gasteiger partial charge in [0.05, 0.1) is 23.4 Å². The number of fused-ring (bicyclic) bond motifs is 1. The van der Waals surface area contributed by atoms with Crippen LogP contribution in [-0.4, -0.2) is 33.3 Å². The fourth-order valence-electron chi connectivity index (χ4n) is 3.38. The minimum atomic E-state index is -4.49. The number of carbonyl (C=O) groups excluding carboxylic acids is 1. The summed E-state index contributed by atoms with van der Waals surface area (Å²) >= 11 is 0. The maximum Gasteiger partial charge on any atom is 0.416 e. The van der Waals surface area contributed by atoms with Crippen LogP contribution in [0.3, 0.4) is 0 Å². The molecule has 1 aliphatic carbocycles. The van der Waals surface area contributed by atoms with E-state index in [-0.39, 0.29) is 42.0 Å². The number of hydrogen-bond acceptors (Lipinski definition) is 6. The summed E-state index contributed by atoms with van der Waals surface area (Å²) < 4.78 is 44.5. The third-order valence-electron chi connectivity index (χ3n) is 4.85. The van der Waals surface area contributed by atoms with Crippen LogP contribution in [0.4, 0.5) is 13.2 Å². The highest BCUT2D eigenvalue weighted by molar-refractivity contribution is 5.85. The molecule has 12 heteroatoms. The van der Waals surface area contributed by atoms with Gasteiger partial charge < -0.3 is 15.6 Å². The molecule has 0 spiro atoms. The van der Waals surface area contributed by atoms with E-state index in [9.17, 15) is 22.8 Å². The Morgan fingerprint density at radius 3 is 2.56 bits per heavy atom. The second-order valence-corrected chi connectivity index (χ2v) is 7.39. The molecule has 1 aliphatic rings. The maximum absolute atomic E-state index is 13.0. The number of aliphatic carboxylic acids is 1. The van der Waals surface area contributed by atoms with Gasteiger partial charge in [0.1, 0.15) is 12.1 Å². The van der Waals surface area contributed by atoms with Gasteiger partial charge in [0.2, 0.25) is 0 Å². The smallest absolute Gasteiger partial charge is 0.416 e. The SMILES string of the molecule is CC1Cc2nnc(-c3cccc(C(F)(F)F)c3)cc2C(OC(=O)[C@@H](N)CC(=O)O)C1.Cl.Cl. The lowest BCUT2D eigenvalue weighted by atomic mass is 9.85. The van der Waals surface area contributed by atoms with E-state index in [4.69, 9.17) is 15.6 Å². The summed E-state index contributed by atoms with van der Waals surface area (Å²) in [6.07, 6.45) is -4.79. The number of carbonyl (C=O) groups is 2. The molecule has 3 atom stereocenters. The average Bonchev–Trinajstić information content (AvgIpc) is 2.66. The zero-order valence-corrected chi connectivity index (χ0v) is 18.5. The summed E-state index contributed by atoms with van der Waals surface area (Å²) in [6, 6.07) is 4.95. The van der Waals surface area contributed by atoms with Crippen LogP contribution in [0.1, 0.15) is 42.7 Å². The molecule has 3 rings (SSSR count). The predicted molar refractivity (Wildman–Crippen MR) is 114 cm³/mol. The van der Waals surface area contributed by atoms with Crippen molar-refractivity contribution in [3.63, 3.8) is 0 Å². The van der Waals surface area contributed by atoms with Gasteiger partial charge in [0.25, 0.3) is 0 Å². The summed E-state index contributed by atoms with van der Waals surface area (Å²) in [4.78, 5) is 23.0. The highest BCUT2D eigenvalue weighted by Crippen LogP contribution is 2.37. The molecule has 0 radical (unpaired) electrons. The lowest BCUT2D eigenvalue weighted by Gasteiger charge is -2.29. The fraction of sp³-hybridized carbons (Fsp3) is 0.400. The van der Waals surface area contributed by atoms with E-state index >= 15 is 0 Å². The Hall–Kier alpha value is -2.43. The maximum atomic E-state index is 13.0. The number of carboxylic acids is 1. The van der Waals surface area contributed by atoms with Crippen molar-refractivity contribution >= 4 is 36.8 Å². The molecular formula is C20H22Cl2F3N3O4. The first-order chi connectivity index (χ1) is 14.0. The van der Waals surface area contributed by atoms with Crippen LogP contribution in [-0.2, 0) is 26.9 Å². The highest BCUT2D eigenvalue weighted by atomic mass is 35.5. The summed E-state index contributed by atoms with van der Waals surface area (Å²) in [5.41, 5.74) is 6.32. The molecule has 32 heavy (non-hydrogen) atoms. The molecule has 1 heterocycles. The van der Waals surface area contributed by atoms with Crippen molar-refractivity contribution in [1.82, 2.24) is 10.2 Å². The van der Waals surface area contributed by atoms with Crippen molar-refractivity contribution in [2.75, 3.05) is 0 Å². The molecule has 3 N–H and O–H groups in total. The second-order valence-electron chi connectivity index (χ2n) is 7.39. The number of aromatic nitrogens is 2. The molecule has 0 saturated carbocycles. The number of hydrogen-bond donors (Lipinski definition) is 2. The van der Waals surface area contributed by atoms with Crippen molar-refractivity contribution in [2.45, 2.75) is 44.5 Å². The van der Waals surface area contributed by atoms with Crippen molar-refractivity contribution in [3.05, 3.63) is 47.2 Å². The molecule has 2 unspecified atom stereocenters. The monoisotopic (exact) mass is 495 g/mol. The summed E-state index contributed by atoms with van der Waals surface area (Å²) in [6.45, 7) is 1.93. The van der Waals surface area contributed by atoms with Crippen LogP contribution >= 0.6 is 24.8 Å². The molecule has 7 nitrogen and oxygen atoms in total. The Kier molecular flexibility index (Phi) is 9.43. The quantitative estimate of drug-likeness (QED) is 0.602. The molecule has 2 aromatic rings. The van der Waals surface area contributed by atoms with Gasteiger partial charge in [-0.05, 0) is 37.0 Å². The first-order valence-corrected chi connectivity index (χ1v) is 9.26. The molecule has 176 valence electrons. The first kappa shape index (κ1) is 27.6. The number of halogens is 5. The van der Waals surface area contributed by atoms with E-state index in [1.165, 1.54) is 12.1 Å². The van der Waals surface area contributed by atoms with Crippen LogP contribution in [0.25, 0.3) is 11.3 Å². The molecule has 0 amide bonds. The minimum Gasteiger partial charge on any atom is -0.481 e. The van der Waals surface area contributed by atoms with Crippen molar-refractivity contribution in [2.24, 2.45) is 11.7 Å². The van der Waals surface area contributed by atoms with Crippen molar-refractivity contribution < 1.29 is 32.6 Å². The number of nitrogens with zero attached hydrogens (tertiary/aromatic N) is 2. The standard InChI is InChI=1S/C20H20F3N3O4.2ClH/c1-10-5-16-13(17(6-10)30-19(29)14(24)9-18(27)28)8-15(25-26-16)11-3-2-4-12(7-11)20(21,22)23;;/h2-4,7-8,10,14,17H,5-6,9,24H2,1H3,(H,27,28);2*1H/t10?,14-,17?;;/m0../s1. The molecule has 0 saturated heterocycles. The van der Waals surface area contributed by atoms with Gasteiger partial charge in [-0.2, -0.15) is 23.4 Å². The molecule has 1 aromatic heterocycles. The van der Waals surface area contributed by atoms with E-state index in [0.29, 0.717) is 24.1 Å². The third-order valence-corrected chi connectivity index (χ3v) is 4.85. The fourth-order valence-corrected chi connectivity index (χ4v) is 3.38. The predicted octanol–water partition coefficient (Wildman–Crippen LogP) is 3.97. The normalized spacial score (nSPS) is 18.4. The second kappa shape index (κ2) is 10.9. The Labute approximate surface area is 194 Å². The summed E-state index contributed by atoms with van der Waals surface area (Å²) in [7, 11) is 0. The highest BCUT2D eigenvalue weighted by Gasteiger charge is 2.33. The lowest BCUT2D eigenvalue weighted by Crippen LogP contribution is -2.36. The van der Waals surface area contributed by atoms with E-state index in [2.05, 4.69) is 10.2 Å². The molecular weight excluding hydrogens is 474 g/mol. The lowest BCUT2D eigenvalue weighted by molar-refractivity contribution is -0.155. The van der Waals surface area contributed by atoms with Crippen molar-refractivity contribution in [1.29, 1.82) is 0 Å². The van der Waals surface area contributed by atoms with E-state index in [1.54, 1.807) is 6.07 Å². The number of carboxylic acid groups (broad SMARTS) is 1. The number of alkyl halides is 3. The number of rotatable bonds is 5. The Bertz CT molecular complexity index is 975. The molecule has 0 bridgehead atoms. The van der Waals surface area contributed by atoms with E-state index in [0.717, 1.165) is 12.1 Å². The van der Waals surface area contributed by atoms with Gasteiger partial charge in [-0.15, -0.1) is 24.8 Å². The zero-order valence-electron chi connectivity index (χ0n) is 16.8. The van der Waals surface area contributed by atoms with Crippen LogP contribution in [0.15, 0.2) is 30.3 Å². The summed E-state index contributed by atoms with van der Waals surface area (Å²) in [5.74, 6) is -1.98. The van der Waals surface area contributed by atoms with Gasteiger partial charge in [-0.3, -0.25) is 9.59 Å². The minimum absolute atomic E-state index is 0. The van der Waals surface area contributed by atoms with Crippen LogP contribution in [0.5, 0.6) is 0 Å². The number of benzene rings is 1. The van der Waals surface area contributed by atoms with Gasteiger partial charge in [0, 0.05) is 11.1 Å².